The minimum atomic E-state index is -0.883. The molecule has 128 valence electrons. The van der Waals surface area contributed by atoms with Crippen LogP contribution in [-0.2, 0) is 14.1 Å². The molecule has 0 aliphatic heterocycles. The van der Waals surface area contributed by atoms with Crippen LogP contribution in [0.4, 0.5) is 0 Å². The van der Waals surface area contributed by atoms with E-state index in [9.17, 15) is 19.2 Å². The largest absolute Gasteiger partial charge is 0.351 e. The van der Waals surface area contributed by atoms with Crippen molar-refractivity contribution >= 4 is 15.9 Å². The van der Waals surface area contributed by atoms with Gasteiger partial charge in [0.1, 0.15) is 0 Å². The van der Waals surface area contributed by atoms with Crippen LogP contribution in [0.15, 0.2) is 54.1 Å². The molecule has 0 aliphatic carbocycles. The summed E-state index contributed by atoms with van der Waals surface area (Å²) in [6.45, 7) is 0. The lowest BCUT2D eigenvalue weighted by Gasteiger charge is -2.09. The van der Waals surface area contributed by atoms with Crippen LogP contribution in [0.3, 0.4) is 0 Å². The van der Waals surface area contributed by atoms with Gasteiger partial charge >= 0.3 is 11.2 Å². The molecule has 0 radical (unpaired) electrons. The molecule has 0 saturated heterocycles. The maximum atomic E-state index is 12.8. The summed E-state index contributed by atoms with van der Waals surface area (Å²) in [4.78, 5) is 49.2. The lowest BCUT2D eigenvalue weighted by molar-refractivity contribution is 0.634. The summed E-state index contributed by atoms with van der Waals surface area (Å²) < 4.78 is 3.60. The SMILES string of the molecule is Cn1nc(-c2c[nH]n(C)c(=O)c2=O)c(=O)n(-c2ccc(Br)cc2)c1=O. The average molecular weight is 406 g/mol. The van der Waals surface area contributed by atoms with Crippen molar-refractivity contribution in [3.8, 4) is 16.9 Å². The molecule has 0 atom stereocenters. The minimum absolute atomic E-state index is 0.199. The maximum Gasteiger partial charge on any atom is 0.351 e. The van der Waals surface area contributed by atoms with Gasteiger partial charge in [-0.3, -0.25) is 19.1 Å². The van der Waals surface area contributed by atoms with Crippen LogP contribution in [0, 0.1) is 0 Å². The molecule has 0 amide bonds. The van der Waals surface area contributed by atoms with Crippen LogP contribution in [-0.4, -0.2) is 24.1 Å². The molecule has 0 saturated carbocycles. The number of aromatic nitrogens is 5. The van der Waals surface area contributed by atoms with Gasteiger partial charge in [-0.15, -0.1) is 0 Å². The number of nitrogens with one attached hydrogen (secondary N) is 1. The summed E-state index contributed by atoms with van der Waals surface area (Å²) in [5.74, 6) is 0. The van der Waals surface area contributed by atoms with E-state index >= 15 is 0 Å². The van der Waals surface area contributed by atoms with Crippen molar-refractivity contribution < 1.29 is 0 Å². The third-order valence-corrected chi connectivity index (χ3v) is 4.14. The van der Waals surface area contributed by atoms with Gasteiger partial charge in [0.05, 0.1) is 11.3 Å². The smallest absolute Gasteiger partial charge is 0.302 e. The van der Waals surface area contributed by atoms with E-state index in [0.29, 0.717) is 5.69 Å². The molecule has 0 spiro atoms. The van der Waals surface area contributed by atoms with Gasteiger partial charge in [-0.2, -0.15) is 5.10 Å². The Hall–Kier alpha value is -3.01. The number of aromatic amines is 1. The highest BCUT2D eigenvalue weighted by Crippen LogP contribution is 2.12. The molecule has 0 fully saturated rings. The predicted octanol–water partition coefficient (Wildman–Crippen LogP) is -0.252. The zero-order valence-electron chi connectivity index (χ0n) is 13.2. The highest BCUT2D eigenvalue weighted by Gasteiger charge is 2.18. The second kappa shape index (κ2) is 6.13. The van der Waals surface area contributed by atoms with Crippen molar-refractivity contribution in [3.63, 3.8) is 0 Å². The summed E-state index contributed by atoms with van der Waals surface area (Å²) in [7, 11) is 2.73. The highest BCUT2D eigenvalue weighted by molar-refractivity contribution is 9.10. The molecule has 9 nitrogen and oxygen atoms in total. The molecule has 1 N–H and O–H groups in total. The van der Waals surface area contributed by atoms with Gasteiger partial charge in [-0.25, -0.2) is 14.0 Å². The van der Waals surface area contributed by atoms with Gasteiger partial charge in [-0.05, 0) is 24.3 Å². The number of aryl methyl sites for hydroxylation is 2. The van der Waals surface area contributed by atoms with Crippen molar-refractivity contribution in [1.82, 2.24) is 24.1 Å². The Bertz CT molecular complexity index is 1200. The lowest BCUT2D eigenvalue weighted by atomic mass is 10.2. The second-order valence-corrected chi connectivity index (χ2v) is 6.17. The van der Waals surface area contributed by atoms with Crippen LogP contribution < -0.4 is 22.2 Å². The van der Waals surface area contributed by atoms with E-state index in [0.717, 1.165) is 18.4 Å². The Kier molecular flexibility index (Phi) is 4.13. The lowest BCUT2D eigenvalue weighted by Crippen LogP contribution is -2.42. The van der Waals surface area contributed by atoms with Gasteiger partial charge in [0.25, 0.3) is 11.0 Å². The van der Waals surface area contributed by atoms with Crippen molar-refractivity contribution in [2.75, 3.05) is 0 Å². The molecule has 25 heavy (non-hydrogen) atoms. The summed E-state index contributed by atoms with van der Waals surface area (Å²) in [6.07, 6.45) is 1.21. The standard InChI is InChI=1S/C15H12BrN5O4/c1-19-14(24)12(22)10(7-17-19)11-13(23)21(15(25)20(2)18-11)9-5-3-8(16)4-6-9/h3-7,17H,1-2H3. The summed E-state index contributed by atoms with van der Waals surface area (Å²) in [5, 5.41) is 6.43. The fourth-order valence-corrected chi connectivity index (χ4v) is 2.55. The molecular weight excluding hydrogens is 394 g/mol. The second-order valence-electron chi connectivity index (χ2n) is 5.25. The topological polar surface area (TPSA) is 112 Å². The summed E-state index contributed by atoms with van der Waals surface area (Å²) >= 11 is 3.28. The molecule has 10 heteroatoms. The van der Waals surface area contributed by atoms with Crippen molar-refractivity contribution in [2.24, 2.45) is 14.1 Å². The van der Waals surface area contributed by atoms with E-state index in [1.165, 1.54) is 20.3 Å². The first-order chi connectivity index (χ1) is 11.8. The quantitative estimate of drug-likeness (QED) is 0.590. The third-order valence-electron chi connectivity index (χ3n) is 3.61. The Labute approximate surface area is 147 Å². The number of hydrogen-bond acceptors (Lipinski definition) is 5. The number of hydrogen-bond donors (Lipinski definition) is 1. The van der Waals surface area contributed by atoms with Gasteiger partial charge < -0.3 is 5.10 Å². The minimum Gasteiger partial charge on any atom is -0.302 e. The molecule has 0 unspecified atom stereocenters. The molecule has 3 aromatic rings. The van der Waals surface area contributed by atoms with E-state index in [1.54, 1.807) is 24.3 Å². The van der Waals surface area contributed by atoms with E-state index in [4.69, 9.17) is 0 Å². The van der Waals surface area contributed by atoms with Crippen LogP contribution >= 0.6 is 15.9 Å². The first kappa shape index (κ1) is 16.8. The van der Waals surface area contributed by atoms with E-state index in [2.05, 4.69) is 26.1 Å². The van der Waals surface area contributed by atoms with Crippen molar-refractivity contribution in [3.05, 3.63) is 76.4 Å². The Morgan fingerprint density at radius 2 is 1.64 bits per heavy atom. The first-order valence-corrected chi connectivity index (χ1v) is 7.86. The molecule has 1 aromatic carbocycles. The molecule has 3 rings (SSSR count). The number of halogens is 1. The molecule has 0 aliphatic rings. The number of nitrogens with zero attached hydrogens (tertiary/aromatic N) is 4. The van der Waals surface area contributed by atoms with E-state index in [1.807, 2.05) is 0 Å². The fraction of sp³-hybridized carbons (Fsp3) is 0.133. The number of H-pyrrole nitrogens is 1. The monoisotopic (exact) mass is 405 g/mol. The van der Waals surface area contributed by atoms with E-state index < -0.39 is 22.2 Å². The van der Waals surface area contributed by atoms with Gasteiger partial charge in [0.15, 0.2) is 5.69 Å². The Morgan fingerprint density at radius 1 is 1.00 bits per heavy atom. The maximum absolute atomic E-state index is 12.8. The van der Waals surface area contributed by atoms with Crippen LogP contribution in [0.2, 0.25) is 0 Å². The van der Waals surface area contributed by atoms with Gasteiger partial charge in [0, 0.05) is 24.8 Å². The normalized spacial score (nSPS) is 10.8. The predicted molar refractivity (Wildman–Crippen MR) is 94.1 cm³/mol. The van der Waals surface area contributed by atoms with E-state index in [-0.39, 0.29) is 11.3 Å². The zero-order chi connectivity index (χ0) is 18.3. The van der Waals surface area contributed by atoms with Gasteiger partial charge in [-0.1, -0.05) is 15.9 Å². The zero-order valence-corrected chi connectivity index (χ0v) is 14.8. The molecule has 0 bridgehead atoms. The van der Waals surface area contributed by atoms with Crippen LogP contribution in [0.1, 0.15) is 0 Å². The Balaban J connectivity index is 2.39. The van der Waals surface area contributed by atoms with Crippen LogP contribution in [0.25, 0.3) is 16.9 Å². The average Bonchev–Trinajstić information content (AvgIpc) is 2.58. The number of benzene rings is 1. The summed E-state index contributed by atoms with van der Waals surface area (Å²) in [5.41, 5.74) is -3.34. The summed E-state index contributed by atoms with van der Waals surface area (Å²) in [6, 6.07) is 6.49. The van der Waals surface area contributed by atoms with Gasteiger partial charge in [0.2, 0.25) is 0 Å². The van der Waals surface area contributed by atoms with Crippen molar-refractivity contribution in [1.29, 1.82) is 0 Å². The molecule has 2 heterocycles. The fourth-order valence-electron chi connectivity index (χ4n) is 2.29. The third kappa shape index (κ3) is 2.80. The first-order valence-electron chi connectivity index (χ1n) is 7.06. The Morgan fingerprint density at radius 3 is 2.28 bits per heavy atom. The molecule has 2 aromatic heterocycles. The van der Waals surface area contributed by atoms with Crippen LogP contribution in [0.5, 0.6) is 0 Å². The van der Waals surface area contributed by atoms with Crippen molar-refractivity contribution in [2.45, 2.75) is 0 Å². The highest BCUT2D eigenvalue weighted by atomic mass is 79.9. The molecular formula is C15H12BrN5O4. The number of rotatable bonds is 2.